The molecule has 27 heavy (non-hydrogen) atoms. The molecule has 1 aliphatic rings. The van der Waals surface area contributed by atoms with Crippen LogP contribution in [0.2, 0.25) is 0 Å². The molecule has 1 aromatic heterocycles. The van der Waals surface area contributed by atoms with Crippen LogP contribution in [0.5, 0.6) is 5.75 Å². The maximum absolute atomic E-state index is 5.93. The van der Waals surface area contributed by atoms with Gasteiger partial charge >= 0.3 is 0 Å². The number of hydrogen-bond donors (Lipinski definition) is 1. The van der Waals surface area contributed by atoms with Gasteiger partial charge in [-0.1, -0.05) is 31.4 Å². The number of nitrogens with one attached hydrogen (secondary N) is 1. The second-order valence-corrected chi connectivity index (χ2v) is 7.23. The van der Waals surface area contributed by atoms with Crippen LogP contribution in [0.15, 0.2) is 47.7 Å². The number of aryl methyl sites for hydroxylation is 1. The minimum Gasteiger partial charge on any atom is -0.476 e. The van der Waals surface area contributed by atoms with E-state index in [0.717, 1.165) is 33.6 Å². The van der Waals surface area contributed by atoms with Crippen molar-refractivity contribution in [3.8, 4) is 16.9 Å². The Bertz CT molecular complexity index is 941. The molecule has 4 rings (SSSR count). The van der Waals surface area contributed by atoms with E-state index in [4.69, 9.17) is 4.74 Å². The van der Waals surface area contributed by atoms with Crippen molar-refractivity contribution in [2.75, 3.05) is 6.73 Å². The molecular weight excluding hydrogens is 336 g/mol. The van der Waals surface area contributed by atoms with E-state index in [0.29, 0.717) is 12.8 Å². The Kier molecular flexibility index (Phi) is 5.21. The number of rotatable bonds is 6. The smallest absolute Gasteiger partial charge is 0.146 e. The largest absolute Gasteiger partial charge is 0.476 e. The van der Waals surface area contributed by atoms with Crippen molar-refractivity contribution >= 4 is 23.4 Å². The van der Waals surface area contributed by atoms with E-state index < -0.39 is 0 Å². The SMILES string of the molecule is C=Nc1cc(-c2ccc3c(c2)ncn3C)ccc1OCNC1CCCCC1. The van der Waals surface area contributed by atoms with Crippen LogP contribution in [0.25, 0.3) is 22.2 Å². The van der Waals surface area contributed by atoms with Gasteiger partial charge in [0.25, 0.3) is 0 Å². The van der Waals surface area contributed by atoms with Gasteiger partial charge in [0.05, 0.1) is 17.4 Å². The average molecular weight is 362 g/mol. The highest BCUT2D eigenvalue weighted by Gasteiger charge is 2.13. The first kappa shape index (κ1) is 17.7. The third-order valence-electron chi connectivity index (χ3n) is 5.39. The zero-order valence-corrected chi connectivity index (χ0v) is 15.8. The van der Waals surface area contributed by atoms with Crippen molar-refractivity contribution in [2.24, 2.45) is 12.0 Å². The van der Waals surface area contributed by atoms with Gasteiger partial charge in [0.15, 0.2) is 0 Å². The van der Waals surface area contributed by atoms with Crippen LogP contribution < -0.4 is 10.1 Å². The highest BCUT2D eigenvalue weighted by atomic mass is 16.5. The van der Waals surface area contributed by atoms with Crippen LogP contribution in [0.4, 0.5) is 5.69 Å². The van der Waals surface area contributed by atoms with Crippen LogP contribution in [0.1, 0.15) is 32.1 Å². The summed E-state index contributed by atoms with van der Waals surface area (Å²) in [6.07, 6.45) is 8.30. The molecule has 0 unspecified atom stereocenters. The summed E-state index contributed by atoms with van der Waals surface area (Å²) in [5.41, 5.74) is 5.06. The molecule has 0 aliphatic heterocycles. The first-order valence-corrected chi connectivity index (χ1v) is 9.63. The maximum atomic E-state index is 5.93. The first-order valence-electron chi connectivity index (χ1n) is 9.63. The lowest BCUT2D eigenvalue weighted by molar-refractivity contribution is 0.241. The Morgan fingerprint density at radius 1 is 1.15 bits per heavy atom. The van der Waals surface area contributed by atoms with Crippen LogP contribution in [-0.2, 0) is 7.05 Å². The van der Waals surface area contributed by atoms with Gasteiger partial charge in [0.2, 0.25) is 0 Å². The second kappa shape index (κ2) is 7.92. The second-order valence-electron chi connectivity index (χ2n) is 7.23. The number of aliphatic imine (C=N–C) groups is 1. The van der Waals surface area contributed by atoms with Crippen LogP contribution >= 0.6 is 0 Å². The number of ether oxygens (including phenoxy) is 1. The van der Waals surface area contributed by atoms with Gasteiger partial charge in [0.1, 0.15) is 18.2 Å². The molecule has 5 nitrogen and oxygen atoms in total. The average Bonchev–Trinajstić information content (AvgIpc) is 3.09. The summed E-state index contributed by atoms with van der Waals surface area (Å²) in [6, 6.07) is 12.9. The van der Waals surface area contributed by atoms with Gasteiger partial charge in [-0.25, -0.2) is 4.98 Å². The summed E-state index contributed by atoms with van der Waals surface area (Å²) in [5.74, 6) is 0.760. The summed E-state index contributed by atoms with van der Waals surface area (Å²) in [6.45, 7) is 4.22. The van der Waals surface area contributed by atoms with Crippen LogP contribution in [-0.4, -0.2) is 29.0 Å². The summed E-state index contributed by atoms with van der Waals surface area (Å²) in [7, 11) is 2.00. The predicted octanol–water partition coefficient (Wildman–Crippen LogP) is 4.83. The Balaban J connectivity index is 1.49. The molecule has 3 aromatic rings. The molecule has 1 fully saturated rings. The minimum atomic E-state index is 0.506. The number of benzene rings is 2. The highest BCUT2D eigenvalue weighted by molar-refractivity contribution is 5.83. The molecule has 5 heteroatoms. The molecule has 1 heterocycles. The van der Waals surface area contributed by atoms with E-state index >= 15 is 0 Å². The number of fused-ring (bicyclic) bond motifs is 1. The minimum absolute atomic E-state index is 0.506. The lowest BCUT2D eigenvalue weighted by atomic mass is 9.96. The molecule has 0 bridgehead atoms. The molecule has 0 radical (unpaired) electrons. The number of nitrogens with zero attached hydrogens (tertiary/aromatic N) is 3. The zero-order chi connectivity index (χ0) is 18.6. The fourth-order valence-electron chi connectivity index (χ4n) is 3.80. The molecule has 1 aliphatic carbocycles. The molecule has 1 N–H and O–H groups in total. The predicted molar refractivity (Wildman–Crippen MR) is 111 cm³/mol. The molecule has 0 amide bonds. The summed E-state index contributed by atoms with van der Waals surface area (Å²) in [5, 5.41) is 3.50. The van der Waals surface area contributed by atoms with Crippen molar-refractivity contribution in [3.63, 3.8) is 0 Å². The molecule has 1 saturated carbocycles. The topological polar surface area (TPSA) is 51.4 Å². The fourth-order valence-corrected chi connectivity index (χ4v) is 3.80. The summed E-state index contributed by atoms with van der Waals surface area (Å²) >= 11 is 0. The quantitative estimate of drug-likeness (QED) is 0.505. The van der Waals surface area contributed by atoms with Gasteiger partial charge in [0, 0.05) is 13.1 Å². The molecule has 0 spiro atoms. The van der Waals surface area contributed by atoms with Gasteiger partial charge in [-0.2, -0.15) is 0 Å². The van der Waals surface area contributed by atoms with Gasteiger partial charge < -0.3 is 9.30 Å². The van der Waals surface area contributed by atoms with Crippen molar-refractivity contribution in [3.05, 3.63) is 42.7 Å². The van der Waals surface area contributed by atoms with E-state index in [9.17, 15) is 0 Å². The van der Waals surface area contributed by atoms with Crippen molar-refractivity contribution in [1.82, 2.24) is 14.9 Å². The Hall–Kier alpha value is -2.66. The van der Waals surface area contributed by atoms with Crippen molar-refractivity contribution in [1.29, 1.82) is 0 Å². The van der Waals surface area contributed by atoms with Crippen molar-refractivity contribution in [2.45, 2.75) is 38.1 Å². The molecule has 140 valence electrons. The van der Waals surface area contributed by atoms with E-state index in [-0.39, 0.29) is 0 Å². The Morgan fingerprint density at radius 2 is 1.93 bits per heavy atom. The van der Waals surface area contributed by atoms with Crippen LogP contribution in [0.3, 0.4) is 0 Å². The normalized spacial score (nSPS) is 15.1. The zero-order valence-electron chi connectivity index (χ0n) is 15.8. The van der Waals surface area contributed by atoms with E-state index in [1.54, 1.807) is 0 Å². The van der Waals surface area contributed by atoms with Gasteiger partial charge in [-0.15, -0.1) is 0 Å². The standard InChI is InChI=1S/C22H26N4O/c1-23-20-13-17(16-8-10-21-19(12-16)24-14-26(21)2)9-11-22(20)27-15-25-18-6-4-3-5-7-18/h8-14,18,25H,1,3-7,15H2,2H3. The van der Waals surface area contributed by atoms with E-state index in [1.165, 1.54) is 32.1 Å². The highest BCUT2D eigenvalue weighted by Crippen LogP contribution is 2.33. The fraction of sp³-hybridized carbons (Fsp3) is 0.364. The van der Waals surface area contributed by atoms with Gasteiger partial charge in [-0.3, -0.25) is 10.3 Å². The van der Waals surface area contributed by atoms with E-state index in [2.05, 4.69) is 46.3 Å². The molecular formula is C22H26N4O. The van der Waals surface area contributed by atoms with Crippen LogP contribution in [0, 0.1) is 0 Å². The molecule has 0 saturated heterocycles. The monoisotopic (exact) mass is 362 g/mol. The number of aromatic nitrogens is 2. The molecule has 0 atom stereocenters. The first-order chi connectivity index (χ1) is 13.2. The van der Waals surface area contributed by atoms with Crippen molar-refractivity contribution < 1.29 is 4.74 Å². The summed E-state index contributed by atoms with van der Waals surface area (Å²) in [4.78, 5) is 8.61. The Morgan fingerprint density at radius 3 is 2.74 bits per heavy atom. The maximum Gasteiger partial charge on any atom is 0.146 e. The summed E-state index contributed by atoms with van der Waals surface area (Å²) < 4.78 is 7.95. The Labute approximate surface area is 160 Å². The number of imidazole rings is 1. The lowest BCUT2D eigenvalue weighted by Crippen LogP contribution is -2.33. The number of hydrogen-bond acceptors (Lipinski definition) is 4. The van der Waals surface area contributed by atoms with Gasteiger partial charge in [-0.05, 0) is 55.0 Å². The van der Waals surface area contributed by atoms with E-state index in [1.807, 2.05) is 30.1 Å². The lowest BCUT2D eigenvalue weighted by Gasteiger charge is -2.23. The third kappa shape index (κ3) is 3.88. The molecule has 2 aromatic carbocycles. The third-order valence-corrected chi connectivity index (χ3v) is 5.39.